The van der Waals surface area contributed by atoms with Crippen LogP contribution in [0.2, 0.25) is 0 Å². The largest absolute Gasteiger partial charge is 0.348 e. The SMILES string of the molecule is CCCCCCCCC1COC(c2ccc(C#N)c(F)c2)OC1. The molecule has 4 heteroatoms. The van der Waals surface area contributed by atoms with Gasteiger partial charge in [-0.25, -0.2) is 4.39 Å². The molecule has 1 aliphatic rings. The number of ether oxygens (including phenoxy) is 2. The second kappa shape index (κ2) is 9.64. The number of hydrogen-bond acceptors (Lipinski definition) is 3. The minimum atomic E-state index is -0.522. The van der Waals surface area contributed by atoms with Crippen molar-refractivity contribution < 1.29 is 13.9 Å². The van der Waals surface area contributed by atoms with Crippen LogP contribution in [0, 0.1) is 23.1 Å². The van der Waals surface area contributed by atoms with Crippen molar-refractivity contribution in [2.24, 2.45) is 5.92 Å². The summed E-state index contributed by atoms with van der Waals surface area (Å²) in [6.45, 7) is 3.54. The molecule has 0 N–H and O–H groups in total. The zero-order valence-corrected chi connectivity index (χ0v) is 13.9. The highest BCUT2D eigenvalue weighted by molar-refractivity contribution is 5.33. The van der Waals surface area contributed by atoms with Gasteiger partial charge in [0.15, 0.2) is 6.29 Å². The highest BCUT2D eigenvalue weighted by atomic mass is 19.1. The van der Waals surface area contributed by atoms with Gasteiger partial charge >= 0.3 is 0 Å². The Hall–Kier alpha value is -1.44. The van der Waals surface area contributed by atoms with Crippen LogP contribution in [0.4, 0.5) is 4.39 Å². The number of rotatable bonds is 8. The number of unbranched alkanes of at least 4 members (excludes halogenated alkanes) is 5. The van der Waals surface area contributed by atoms with E-state index in [4.69, 9.17) is 14.7 Å². The lowest BCUT2D eigenvalue weighted by Crippen LogP contribution is -2.27. The predicted octanol–water partition coefficient (Wildman–Crippen LogP) is 5.11. The van der Waals surface area contributed by atoms with Gasteiger partial charge in [-0.2, -0.15) is 5.26 Å². The van der Waals surface area contributed by atoms with Crippen LogP contribution in [0.15, 0.2) is 18.2 Å². The summed E-state index contributed by atoms with van der Waals surface area (Å²) in [5.74, 6) is -0.0907. The standard InChI is InChI=1S/C19H26FNO2/c1-2-3-4-5-6-7-8-15-13-22-19(23-14-15)16-9-10-17(12-21)18(20)11-16/h9-11,15,19H,2-8,13-14H2,1H3. The van der Waals surface area contributed by atoms with Gasteiger partial charge in [0.1, 0.15) is 11.9 Å². The lowest BCUT2D eigenvalue weighted by Gasteiger charge is -2.29. The maximum absolute atomic E-state index is 13.6. The van der Waals surface area contributed by atoms with Gasteiger partial charge < -0.3 is 9.47 Å². The van der Waals surface area contributed by atoms with Crippen molar-refractivity contribution in [2.75, 3.05) is 13.2 Å². The monoisotopic (exact) mass is 319 g/mol. The molecular formula is C19H26FNO2. The average molecular weight is 319 g/mol. The van der Waals surface area contributed by atoms with E-state index in [1.807, 2.05) is 6.07 Å². The van der Waals surface area contributed by atoms with E-state index in [0.717, 1.165) is 6.42 Å². The fraction of sp³-hybridized carbons (Fsp3) is 0.632. The van der Waals surface area contributed by atoms with Gasteiger partial charge in [0.05, 0.1) is 18.8 Å². The first-order valence-electron chi connectivity index (χ1n) is 8.67. The van der Waals surface area contributed by atoms with Gasteiger partial charge in [0.2, 0.25) is 0 Å². The predicted molar refractivity (Wildman–Crippen MR) is 87.2 cm³/mol. The van der Waals surface area contributed by atoms with Crippen LogP contribution in [0.1, 0.15) is 69.3 Å². The van der Waals surface area contributed by atoms with Crippen LogP contribution in [0.25, 0.3) is 0 Å². The van der Waals surface area contributed by atoms with Gasteiger partial charge in [-0.1, -0.05) is 51.5 Å². The summed E-state index contributed by atoms with van der Waals surface area (Å²) in [7, 11) is 0. The van der Waals surface area contributed by atoms with Crippen molar-refractivity contribution in [3.8, 4) is 6.07 Å². The van der Waals surface area contributed by atoms with Crippen LogP contribution in [0.3, 0.4) is 0 Å². The summed E-state index contributed by atoms with van der Waals surface area (Å²) in [5.41, 5.74) is 0.685. The second-order valence-corrected chi connectivity index (χ2v) is 6.27. The second-order valence-electron chi connectivity index (χ2n) is 6.27. The topological polar surface area (TPSA) is 42.2 Å². The maximum Gasteiger partial charge on any atom is 0.183 e. The lowest BCUT2D eigenvalue weighted by molar-refractivity contribution is -0.206. The van der Waals surface area contributed by atoms with Gasteiger partial charge in [0.25, 0.3) is 0 Å². The van der Waals surface area contributed by atoms with E-state index < -0.39 is 12.1 Å². The molecule has 0 saturated carbocycles. The third-order valence-corrected chi connectivity index (χ3v) is 4.32. The molecule has 23 heavy (non-hydrogen) atoms. The van der Waals surface area contributed by atoms with E-state index in [2.05, 4.69) is 6.92 Å². The van der Waals surface area contributed by atoms with Crippen LogP contribution in [0.5, 0.6) is 0 Å². The summed E-state index contributed by atoms with van der Waals surface area (Å²) in [6.07, 6.45) is 8.37. The maximum atomic E-state index is 13.6. The number of nitriles is 1. The summed E-state index contributed by atoms with van der Waals surface area (Å²) in [5, 5.41) is 8.75. The molecule has 0 aliphatic carbocycles. The number of hydrogen-bond donors (Lipinski definition) is 0. The van der Waals surface area contributed by atoms with Crippen molar-refractivity contribution in [2.45, 2.75) is 58.2 Å². The van der Waals surface area contributed by atoms with Gasteiger partial charge in [-0.15, -0.1) is 0 Å². The Morgan fingerprint density at radius 2 is 1.83 bits per heavy atom. The molecular weight excluding hydrogens is 293 g/mol. The van der Waals surface area contributed by atoms with Crippen molar-refractivity contribution >= 4 is 0 Å². The molecule has 2 rings (SSSR count). The van der Waals surface area contributed by atoms with Crippen molar-refractivity contribution in [3.63, 3.8) is 0 Å². The third-order valence-electron chi connectivity index (χ3n) is 4.32. The molecule has 0 radical (unpaired) electrons. The van der Waals surface area contributed by atoms with Crippen molar-refractivity contribution in [1.29, 1.82) is 5.26 Å². The Kier molecular flexibility index (Phi) is 7.51. The molecule has 126 valence electrons. The molecule has 1 aliphatic heterocycles. The zero-order valence-electron chi connectivity index (χ0n) is 13.9. The lowest BCUT2D eigenvalue weighted by atomic mass is 10.0. The van der Waals surface area contributed by atoms with Gasteiger partial charge in [0, 0.05) is 11.5 Å². The molecule has 0 bridgehead atoms. The fourth-order valence-electron chi connectivity index (χ4n) is 2.88. The number of halogens is 1. The normalized spacial score (nSPS) is 21.1. The van der Waals surface area contributed by atoms with E-state index in [1.54, 1.807) is 6.07 Å². The minimum absolute atomic E-state index is 0.0468. The molecule has 0 atom stereocenters. The van der Waals surface area contributed by atoms with E-state index in [0.29, 0.717) is 24.7 Å². The first kappa shape index (κ1) is 17.9. The van der Waals surface area contributed by atoms with Gasteiger partial charge in [-0.05, 0) is 18.6 Å². The third kappa shape index (κ3) is 5.60. The number of nitrogens with zero attached hydrogens (tertiary/aromatic N) is 1. The van der Waals surface area contributed by atoms with Crippen molar-refractivity contribution in [3.05, 3.63) is 35.1 Å². The van der Waals surface area contributed by atoms with Crippen LogP contribution in [-0.4, -0.2) is 13.2 Å². The summed E-state index contributed by atoms with van der Waals surface area (Å²) in [4.78, 5) is 0. The molecule has 1 saturated heterocycles. The fourth-order valence-corrected chi connectivity index (χ4v) is 2.88. The Labute approximate surface area is 138 Å². The van der Waals surface area contributed by atoms with Gasteiger partial charge in [-0.3, -0.25) is 0 Å². The summed E-state index contributed by atoms with van der Waals surface area (Å²) in [6, 6.07) is 6.31. The molecule has 0 aromatic heterocycles. The molecule has 0 spiro atoms. The number of benzene rings is 1. The molecule has 0 amide bonds. The van der Waals surface area contributed by atoms with Crippen LogP contribution >= 0.6 is 0 Å². The average Bonchev–Trinajstić information content (AvgIpc) is 2.58. The summed E-state index contributed by atoms with van der Waals surface area (Å²) < 4.78 is 25.1. The first-order chi connectivity index (χ1) is 11.2. The van der Waals surface area contributed by atoms with E-state index in [-0.39, 0.29) is 5.56 Å². The van der Waals surface area contributed by atoms with E-state index >= 15 is 0 Å². The minimum Gasteiger partial charge on any atom is -0.348 e. The van der Waals surface area contributed by atoms with Crippen molar-refractivity contribution in [1.82, 2.24) is 0 Å². The quantitative estimate of drug-likeness (QED) is 0.625. The Bertz CT molecular complexity index is 519. The smallest absolute Gasteiger partial charge is 0.183 e. The van der Waals surface area contributed by atoms with Crippen LogP contribution in [-0.2, 0) is 9.47 Å². The highest BCUT2D eigenvalue weighted by Crippen LogP contribution is 2.28. The summed E-state index contributed by atoms with van der Waals surface area (Å²) >= 11 is 0. The van der Waals surface area contributed by atoms with Crippen LogP contribution < -0.4 is 0 Å². The molecule has 0 unspecified atom stereocenters. The van der Waals surface area contributed by atoms with E-state index in [9.17, 15) is 4.39 Å². The molecule has 1 aromatic rings. The molecule has 1 aromatic carbocycles. The Morgan fingerprint density at radius 3 is 2.48 bits per heavy atom. The Morgan fingerprint density at radius 1 is 1.13 bits per heavy atom. The Balaban J connectivity index is 1.70. The zero-order chi connectivity index (χ0) is 16.5. The highest BCUT2D eigenvalue weighted by Gasteiger charge is 2.24. The first-order valence-corrected chi connectivity index (χ1v) is 8.67. The van der Waals surface area contributed by atoms with E-state index in [1.165, 1.54) is 50.7 Å². The molecule has 3 nitrogen and oxygen atoms in total. The molecule has 1 fully saturated rings. The molecule has 1 heterocycles.